The fourth-order valence-electron chi connectivity index (χ4n) is 2.61. The Bertz CT molecular complexity index is 733. The van der Waals surface area contributed by atoms with Crippen LogP contribution >= 0.6 is 11.6 Å². The number of anilines is 1. The summed E-state index contributed by atoms with van der Waals surface area (Å²) in [5.41, 5.74) is 0.419. The van der Waals surface area contributed by atoms with Gasteiger partial charge in [0.15, 0.2) is 11.0 Å². The van der Waals surface area contributed by atoms with E-state index in [1.54, 1.807) is 18.2 Å². The van der Waals surface area contributed by atoms with Gasteiger partial charge in [0.1, 0.15) is 5.82 Å². The Hall–Kier alpha value is -2.21. The molecule has 0 N–H and O–H groups in total. The summed E-state index contributed by atoms with van der Waals surface area (Å²) in [6.45, 7) is 1.72. The van der Waals surface area contributed by atoms with E-state index in [1.807, 2.05) is 4.90 Å². The van der Waals surface area contributed by atoms with Crippen LogP contribution in [0.2, 0.25) is 5.15 Å². The van der Waals surface area contributed by atoms with Gasteiger partial charge in [-0.15, -0.1) is 0 Å². The highest BCUT2D eigenvalue weighted by Gasteiger charge is 2.26. The summed E-state index contributed by atoms with van der Waals surface area (Å²) in [5.74, 6) is -1.53. The van der Waals surface area contributed by atoms with Gasteiger partial charge in [0.2, 0.25) is 0 Å². The molecule has 1 fully saturated rings. The van der Waals surface area contributed by atoms with E-state index in [9.17, 15) is 13.6 Å². The van der Waals surface area contributed by atoms with Gasteiger partial charge in [0.25, 0.3) is 5.91 Å². The number of pyridine rings is 1. The van der Waals surface area contributed by atoms with Crippen molar-refractivity contribution >= 4 is 23.2 Å². The minimum Gasteiger partial charge on any atom is -0.366 e. The maximum atomic E-state index is 13.9. The number of aromatic nitrogens is 1. The van der Waals surface area contributed by atoms with Crippen LogP contribution in [0.15, 0.2) is 36.5 Å². The van der Waals surface area contributed by atoms with E-state index in [1.165, 1.54) is 23.2 Å². The van der Waals surface area contributed by atoms with Crippen molar-refractivity contribution in [2.45, 2.75) is 0 Å². The van der Waals surface area contributed by atoms with Crippen molar-refractivity contribution < 1.29 is 13.6 Å². The Morgan fingerprint density at radius 3 is 2.48 bits per heavy atom. The standard InChI is InChI=1S/C16H14ClF2N3O/c17-15-14(19)11(5-6-20-15)16(23)22-9-7-21(8-10-22)13-4-2-1-3-12(13)18/h1-6H,7-10H2. The molecule has 1 aliphatic rings. The van der Waals surface area contributed by atoms with E-state index < -0.39 is 11.7 Å². The predicted octanol–water partition coefficient (Wildman–Crippen LogP) is 2.98. The topological polar surface area (TPSA) is 36.4 Å². The highest BCUT2D eigenvalue weighted by atomic mass is 35.5. The molecule has 0 aliphatic carbocycles. The highest BCUT2D eigenvalue weighted by molar-refractivity contribution is 6.29. The van der Waals surface area contributed by atoms with Gasteiger partial charge in [-0.2, -0.15) is 0 Å². The van der Waals surface area contributed by atoms with E-state index in [2.05, 4.69) is 4.98 Å². The predicted molar refractivity (Wildman–Crippen MR) is 83.7 cm³/mol. The SMILES string of the molecule is O=C(c1ccnc(Cl)c1F)N1CCN(c2ccccc2F)CC1. The summed E-state index contributed by atoms with van der Waals surface area (Å²) in [6.07, 6.45) is 1.30. The molecule has 23 heavy (non-hydrogen) atoms. The maximum Gasteiger partial charge on any atom is 0.257 e. The number of hydrogen-bond donors (Lipinski definition) is 0. The van der Waals surface area contributed by atoms with Crippen LogP contribution < -0.4 is 4.90 Å². The summed E-state index contributed by atoms with van der Waals surface area (Å²) < 4.78 is 27.7. The second-order valence-corrected chi connectivity index (χ2v) is 5.55. The number of nitrogens with zero attached hydrogens (tertiary/aromatic N) is 3. The molecule has 1 saturated heterocycles. The van der Waals surface area contributed by atoms with E-state index >= 15 is 0 Å². The fourth-order valence-corrected chi connectivity index (χ4v) is 2.77. The van der Waals surface area contributed by atoms with Gasteiger partial charge in [-0.3, -0.25) is 4.79 Å². The van der Waals surface area contributed by atoms with Crippen molar-refractivity contribution in [1.29, 1.82) is 0 Å². The quantitative estimate of drug-likeness (QED) is 0.791. The molecule has 0 bridgehead atoms. The van der Waals surface area contributed by atoms with Crippen molar-refractivity contribution in [3.8, 4) is 0 Å². The summed E-state index contributed by atoms with van der Waals surface area (Å²) in [4.78, 5) is 19.4. The summed E-state index contributed by atoms with van der Waals surface area (Å²) in [6, 6.07) is 7.82. The molecule has 3 rings (SSSR count). The molecule has 4 nitrogen and oxygen atoms in total. The normalized spacial score (nSPS) is 14.9. The molecule has 1 aliphatic heterocycles. The number of hydrogen-bond acceptors (Lipinski definition) is 3. The second kappa shape index (κ2) is 6.50. The summed E-state index contributed by atoms with van der Waals surface area (Å²) >= 11 is 5.61. The van der Waals surface area contributed by atoms with Crippen LogP contribution in [0, 0.1) is 11.6 Å². The van der Waals surface area contributed by atoms with E-state index in [0.717, 1.165) is 0 Å². The molecule has 0 unspecified atom stereocenters. The van der Waals surface area contributed by atoms with Crippen LogP contribution in [0.1, 0.15) is 10.4 Å². The van der Waals surface area contributed by atoms with Crippen molar-refractivity contribution in [3.05, 3.63) is 58.9 Å². The monoisotopic (exact) mass is 337 g/mol. The number of carbonyl (C=O) groups excluding carboxylic acids is 1. The van der Waals surface area contributed by atoms with Gasteiger partial charge in [-0.05, 0) is 18.2 Å². The van der Waals surface area contributed by atoms with Crippen LogP contribution in [0.5, 0.6) is 0 Å². The Morgan fingerprint density at radius 1 is 1.09 bits per heavy atom. The van der Waals surface area contributed by atoms with Crippen molar-refractivity contribution in [2.75, 3.05) is 31.1 Å². The Balaban J connectivity index is 1.71. The summed E-state index contributed by atoms with van der Waals surface area (Å²) in [7, 11) is 0. The molecule has 0 saturated carbocycles. The number of para-hydroxylation sites is 1. The van der Waals surface area contributed by atoms with Crippen LogP contribution in [-0.2, 0) is 0 Å². The Morgan fingerprint density at radius 2 is 1.78 bits per heavy atom. The number of benzene rings is 1. The molecule has 1 aromatic carbocycles. The molecule has 2 aromatic rings. The maximum absolute atomic E-state index is 13.9. The molecule has 120 valence electrons. The average molecular weight is 338 g/mol. The average Bonchev–Trinajstić information content (AvgIpc) is 2.57. The minimum atomic E-state index is -0.810. The second-order valence-electron chi connectivity index (χ2n) is 5.19. The molecule has 0 atom stereocenters. The molecule has 0 radical (unpaired) electrons. The van der Waals surface area contributed by atoms with Gasteiger partial charge in [0, 0.05) is 32.4 Å². The van der Waals surface area contributed by atoms with Crippen LogP contribution in [-0.4, -0.2) is 42.0 Å². The van der Waals surface area contributed by atoms with Crippen LogP contribution in [0.25, 0.3) is 0 Å². The molecule has 1 aromatic heterocycles. The first kappa shape index (κ1) is 15.7. The lowest BCUT2D eigenvalue weighted by Crippen LogP contribution is -2.49. The number of amides is 1. The lowest BCUT2D eigenvalue weighted by Gasteiger charge is -2.36. The molecule has 1 amide bonds. The number of piperazine rings is 1. The first-order valence-electron chi connectivity index (χ1n) is 7.16. The van der Waals surface area contributed by atoms with Gasteiger partial charge in [0.05, 0.1) is 11.3 Å². The molecular formula is C16H14ClF2N3O. The lowest BCUT2D eigenvalue weighted by molar-refractivity contribution is 0.0741. The van der Waals surface area contributed by atoms with Crippen LogP contribution in [0.3, 0.4) is 0 Å². The lowest BCUT2D eigenvalue weighted by atomic mass is 10.2. The number of halogens is 3. The molecule has 0 spiro atoms. The fraction of sp³-hybridized carbons (Fsp3) is 0.250. The van der Waals surface area contributed by atoms with Crippen molar-refractivity contribution in [3.63, 3.8) is 0 Å². The molecule has 7 heteroatoms. The first-order valence-corrected chi connectivity index (χ1v) is 7.54. The van der Waals surface area contributed by atoms with Gasteiger partial charge < -0.3 is 9.80 Å². The third kappa shape index (κ3) is 3.12. The van der Waals surface area contributed by atoms with Gasteiger partial charge in [-0.1, -0.05) is 23.7 Å². The summed E-state index contributed by atoms with van der Waals surface area (Å²) in [5, 5.41) is -0.319. The zero-order valence-corrected chi connectivity index (χ0v) is 12.9. The van der Waals surface area contributed by atoms with Gasteiger partial charge >= 0.3 is 0 Å². The largest absolute Gasteiger partial charge is 0.366 e. The van der Waals surface area contributed by atoms with Crippen molar-refractivity contribution in [1.82, 2.24) is 9.88 Å². The zero-order valence-electron chi connectivity index (χ0n) is 12.2. The van der Waals surface area contributed by atoms with Crippen LogP contribution in [0.4, 0.5) is 14.5 Å². The third-order valence-electron chi connectivity index (χ3n) is 3.84. The number of rotatable bonds is 2. The zero-order chi connectivity index (χ0) is 16.4. The van der Waals surface area contributed by atoms with E-state index in [0.29, 0.717) is 31.9 Å². The Kier molecular flexibility index (Phi) is 4.43. The number of carbonyl (C=O) groups is 1. The van der Waals surface area contributed by atoms with E-state index in [4.69, 9.17) is 11.6 Å². The minimum absolute atomic E-state index is 0.0932. The third-order valence-corrected chi connectivity index (χ3v) is 4.10. The molecule has 2 heterocycles. The van der Waals surface area contributed by atoms with Gasteiger partial charge in [-0.25, -0.2) is 13.8 Å². The highest BCUT2D eigenvalue weighted by Crippen LogP contribution is 2.22. The Labute approximate surface area is 137 Å². The molecular weight excluding hydrogens is 324 g/mol. The van der Waals surface area contributed by atoms with Crippen molar-refractivity contribution in [2.24, 2.45) is 0 Å². The van der Waals surface area contributed by atoms with E-state index in [-0.39, 0.29) is 16.5 Å². The first-order chi connectivity index (χ1) is 11.1. The smallest absolute Gasteiger partial charge is 0.257 e.